The average Bonchev–Trinajstić information content (AvgIpc) is 3.35. The summed E-state index contributed by atoms with van der Waals surface area (Å²) in [6.07, 6.45) is 16.0. The van der Waals surface area contributed by atoms with Gasteiger partial charge in [-0.15, -0.1) is 5.73 Å². The van der Waals surface area contributed by atoms with Crippen molar-refractivity contribution in [1.82, 2.24) is 9.55 Å². The number of allylic oxidation sites excluding steroid dienone is 6. The maximum absolute atomic E-state index is 5.04. The zero-order valence-corrected chi connectivity index (χ0v) is 12.7. The number of hydrogen-bond acceptors (Lipinski definition) is 1. The van der Waals surface area contributed by atoms with Crippen molar-refractivity contribution in [1.29, 1.82) is 0 Å². The molecule has 0 amide bonds. The summed E-state index contributed by atoms with van der Waals surface area (Å²) in [6.45, 7) is 0. The summed E-state index contributed by atoms with van der Waals surface area (Å²) in [5.74, 6) is 2.34. The van der Waals surface area contributed by atoms with Crippen molar-refractivity contribution in [2.75, 3.05) is 0 Å². The van der Waals surface area contributed by atoms with Crippen molar-refractivity contribution in [2.45, 2.75) is 12.3 Å². The number of nitrogens with zero attached hydrogens (tertiary/aromatic N) is 2. The molecule has 2 unspecified atom stereocenters. The number of benzene rings is 1. The van der Waals surface area contributed by atoms with Gasteiger partial charge in [-0.3, -0.25) is 4.57 Å². The van der Waals surface area contributed by atoms with Gasteiger partial charge in [0.25, 0.3) is 0 Å². The third-order valence-electron chi connectivity index (χ3n) is 4.73. The fourth-order valence-electron chi connectivity index (χ4n) is 3.48. The molecule has 2 atom stereocenters. The molecule has 1 aromatic heterocycles. The van der Waals surface area contributed by atoms with Crippen molar-refractivity contribution in [3.63, 3.8) is 0 Å². The molecule has 0 spiro atoms. The summed E-state index contributed by atoms with van der Waals surface area (Å²) < 4.78 is 2.28. The van der Waals surface area contributed by atoms with E-state index in [0.29, 0.717) is 11.8 Å². The Morgan fingerprint density at radius 2 is 2.00 bits per heavy atom. The third-order valence-corrected chi connectivity index (χ3v) is 4.73. The number of rotatable bonds is 2. The van der Waals surface area contributed by atoms with E-state index < -0.39 is 0 Å². The van der Waals surface area contributed by atoms with Gasteiger partial charge in [0, 0.05) is 17.2 Å². The molecule has 1 heterocycles. The largest absolute Gasteiger partial charge is 0.293 e. The van der Waals surface area contributed by atoms with Crippen molar-refractivity contribution in [3.05, 3.63) is 83.9 Å². The van der Waals surface area contributed by atoms with Crippen LogP contribution in [0.1, 0.15) is 23.7 Å². The monoisotopic (exact) mass is 296 g/mol. The van der Waals surface area contributed by atoms with Crippen LogP contribution in [0.5, 0.6) is 0 Å². The van der Waals surface area contributed by atoms with Gasteiger partial charge in [0.1, 0.15) is 5.82 Å². The van der Waals surface area contributed by atoms with Gasteiger partial charge >= 0.3 is 0 Å². The highest BCUT2D eigenvalue weighted by molar-refractivity contribution is 5.75. The first kappa shape index (κ1) is 12.7. The predicted octanol–water partition coefficient (Wildman–Crippen LogP) is 4.80. The Bertz CT molecular complexity index is 932. The lowest BCUT2D eigenvalue weighted by Gasteiger charge is -2.12. The van der Waals surface area contributed by atoms with Crippen LogP contribution in [0.2, 0.25) is 0 Å². The highest BCUT2D eigenvalue weighted by atomic mass is 15.1. The molecule has 2 nitrogen and oxygen atoms in total. The molecule has 110 valence electrons. The van der Waals surface area contributed by atoms with E-state index in [1.807, 2.05) is 24.3 Å². The quantitative estimate of drug-likeness (QED) is 0.728. The van der Waals surface area contributed by atoms with Gasteiger partial charge in [-0.05, 0) is 42.7 Å². The van der Waals surface area contributed by atoms with E-state index in [9.17, 15) is 0 Å². The standard InChI is InChI=1S/C21H16N2/c1-2-7-11-17(10-6-1)23-19-13-12-16-14-18(16)20(19)22-21(23)15-8-4-3-5-9-15/h1,3-13,16,18H,14H2. The van der Waals surface area contributed by atoms with E-state index in [1.54, 1.807) is 0 Å². The van der Waals surface area contributed by atoms with Gasteiger partial charge in [-0.1, -0.05) is 42.5 Å². The molecule has 1 aromatic carbocycles. The molecule has 0 bridgehead atoms. The third kappa shape index (κ3) is 2.00. The minimum absolute atomic E-state index is 0.614. The molecule has 3 aliphatic rings. The Balaban J connectivity index is 1.77. The van der Waals surface area contributed by atoms with Gasteiger partial charge in [0.15, 0.2) is 0 Å². The van der Waals surface area contributed by atoms with Crippen molar-refractivity contribution in [3.8, 4) is 11.4 Å². The Hall–Kier alpha value is -2.83. The van der Waals surface area contributed by atoms with Crippen LogP contribution in [0.4, 0.5) is 0 Å². The molecule has 5 rings (SSSR count). The molecule has 2 heteroatoms. The molecule has 2 aromatic rings. The van der Waals surface area contributed by atoms with Gasteiger partial charge in [-0.25, -0.2) is 4.98 Å². The van der Waals surface area contributed by atoms with E-state index in [0.717, 1.165) is 17.1 Å². The van der Waals surface area contributed by atoms with Crippen LogP contribution in [-0.2, 0) is 0 Å². The SMILES string of the molecule is C1=CC=CC(n2c(-c3ccccc3)nc3c2C=CC2CC32)=CC=1. The van der Waals surface area contributed by atoms with Crippen LogP contribution in [0.25, 0.3) is 23.2 Å². The molecule has 1 fully saturated rings. The Labute approximate surface area is 135 Å². The van der Waals surface area contributed by atoms with E-state index >= 15 is 0 Å². The molecule has 0 radical (unpaired) electrons. The average molecular weight is 296 g/mol. The minimum atomic E-state index is 0.614. The maximum Gasteiger partial charge on any atom is 0.145 e. The van der Waals surface area contributed by atoms with Crippen LogP contribution in [0.3, 0.4) is 0 Å². The lowest BCUT2D eigenvalue weighted by atomic mass is 10.1. The van der Waals surface area contributed by atoms with Crippen LogP contribution in [-0.4, -0.2) is 9.55 Å². The summed E-state index contributed by atoms with van der Waals surface area (Å²) in [7, 11) is 0. The summed E-state index contributed by atoms with van der Waals surface area (Å²) in [5.41, 5.74) is 7.90. The van der Waals surface area contributed by atoms with Crippen molar-refractivity contribution in [2.24, 2.45) is 5.92 Å². The second kappa shape index (κ2) is 4.84. The van der Waals surface area contributed by atoms with E-state index in [-0.39, 0.29) is 0 Å². The second-order valence-corrected chi connectivity index (χ2v) is 6.22. The summed E-state index contributed by atoms with van der Waals surface area (Å²) in [4.78, 5) is 5.04. The predicted molar refractivity (Wildman–Crippen MR) is 93.6 cm³/mol. The lowest BCUT2D eigenvalue weighted by Crippen LogP contribution is -2.02. The van der Waals surface area contributed by atoms with Gasteiger partial charge in [0.05, 0.1) is 11.4 Å². The number of fused-ring (bicyclic) bond motifs is 3. The number of imidazole rings is 1. The second-order valence-electron chi connectivity index (χ2n) is 6.22. The summed E-state index contributed by atoms with van der Waals surface area (Å²) in [5, 5.41) is 0. The molecule has 1 saturated carbocycles. The number of hydrogen-bond donors (Lipinski definition) is 0. The first-order valence-corrected chi connectivity index (χ1v) is 8.08. The molecule has 0 saturated heterocycles. The first-order valence-electron chi connectivity index (χ1n) is 8.08. The van der Waals surface area contributed by atoms with E-state index in [2.05, 4.69) is 58.9 Å². The summed E-state index contributed by atoms with van der Waals surface area (Å²) >= 11 is 0. The lowest BCUT2D eigenvalue weighted by molar-refractivity contribution is 0.949. The fraction of sp³-hybridized carbons (Fsp3) is 0.143. The van der Waals surface area contributed by atoms with Crippen LogP contribution >= 0.6 is 0 Å². The maximum atomic E-state index is 5.04. The zero-order chi connectivity index (χ0) is 15.2. The minimum Gasteiger partial charge on any atom is -0.293 e. The van der Waals surface area contributed by atoms with Crippen molar-refractivity contribution < 1.29 is 0 Å². The van der Waals surface area contributed by atoms with E-state index in [4.69, 9.17) is 4.98 Å². The van der Waals surface area contributed by atoms with Crippen molar-refractivity contribution >= 4 is 11.8 Å². The van der Waals surface area contributed by atoms with Gasteiger partial charge in [-0.2, -0.15) is 0 Å². The van der Waals surface area contributed by atoms with Gasteiger partial charge < -0.3 is 0 Å². The van der Waals surface area contributed by atoms with E-state index in [1.165, 1.54) is 17.8 Å². The fourth-order valence-corrected chi connectivity index (χ4v) is 3.48. The summed E-state index contributed by atoms with van der Waals surface area (Å²) in [6, 6.07) is 10.5. The first-order chi connectivity index (χ1) is 11.4. The van der Waals surface area contributed by atoms with Crippen LogP contribution in [0, 0.1) is 5.92 Å². The molecule has 3 aliphatic carbocycles. The molecule has 23 heavy (non-hydrogen) atoms. The van der Waals surface area contributed by atoms with Gasteiger partial charge in [0.2, 0.25) is 0 Å². The molecule has 0 N–H and O–H groups in total. The highest BCUT2D eigenvalue weighted by Gasteiger charge is 2.43. The molecule has 0 aliphatic heterocycles. The smallest absolute Gasteiger partial charge is 0.145 e. The van der Waals surface area contributed by atoms with Crippen LogP contribution < -0.4 is 0 Å². The topological polar surface area (TPSA) is 17.8 Å². The Kier molecular flexibility index (Phi) is 2.67. The Morgan fingerprint density at radius 3 is 2.91 bits per heavy atom. The highest BCUT2D eigenvalue weighted by Crippen LogP contribution is 2.53. The Morgan fingerprint density at radius 1 is 1.09 bits per heavy atom. The van der Waals surface area contributed by atoms with Crippen LogP contribution in [0.15, 0.2) is 72.5 Å². The molecular weight excluding hydrogens is 280 g/mol. The zero-order valence-electron chi connectivity index (χ0n) is 12.7. The number of aromatic nitrogens is 2. The molecular formula is C21H16N2. The normalized spacial score (nSPS) is 23.2.